The first-order valence-electron chi connectivity index (χ1n) is 10.9. The molecule has 1 aromatic heterocycles. The molecule has 12 heteroatoms. The molecule has 0 bridgehead atoms. The number of para-hydroxylation sites is 1. The zero-order valence-electron chi connectivity index (χ0n) is 19.1. The van der Waals surface area contributed by atoms with Gasteiger partial charge in [0.15, 0.2) is 15.7 Å². The number of ether oxygens (including phenoxy) is 3. The number of hydrogen-bond donors (Lipinski definition) is 2. The number of sulfone groups is 1. The number of anilines is 5. The summed E-state index contributed by atoms with van der Waals surface area (Å²) in [5.74, 6) is 1.81. The number of fused-ring (bicyclic) bond motifs is 3. The van der Waals surface area contributed by atoms with Gasteiger partial charge < -0.3 is 29.7 Å². The SMILES string of the molecule is COc1cc2c(cc1Nc1ncc(Cl)c(Nc3ccccc3S(C)(=O)=O)n1)OC[C@H]1COCCN21. The molecule has 2 N–H and O–H groups in total. The minimum atomic E-state index is -3.46. The lowest BCUT2D eigenvalue weighted by atomic mass is 10.1. The van der Waals surface area contributed by atoms with Crippen LogP contribution in [0.4, 0.5) is 28.8 Å². The quantitative estimate of drug-likeness (QED) is 0.502. The monoisotopic (exact) mass is 517 g/mol. The van der Waals surface area contributed by atoms with Crippen molar-refractivity contribution in [3.8, 4) is 11.5 Å². The molecule has 3 aromatic rings. The Kier molecular flexibility index (Phi) is 6.30. The molecule has 2 aromatic carbocycles. The third-order valence-electron chi connectivity index (χ3n) is 5.78. The minimum Gasteiger partial charge on any atom is -0.494 e. The fourth-order valence-electron chi connectivity index (χ4n) is 4.11. The molecule has 35 heavy (non-hydrogen) atoms. The molecular weight excluding hydrogens is 494 g/mol. The molecule has 0 amide bonds. The molecule has 10 nitrogen and oxygen atoms in total. The summed E-state index contributed by atoms with van der Waals surface area (Å²) in [6, 6.07) is 10.5. The van der Waals surface area contributed by atoms with Crippen molar-refractivity contribution < 1.29 is 22.6 Å². The Morgan fingerprint density at radius 1 is 1.17 bits per heavy atom. The Labute approximate surface area is 208 Å². The van der Waals surface area contributed by atoms with Crippen molar-refractivity contribution in [3.05, 3.63) is 47.6 Å². The average Bonchev–Trinajstić information content (AvgIpc) is 2.85. The molecule has 1 atom stereocenters. The van der Waals surface area contributed by atoms with Crippen LogP contribution in [0.2, 0.25) is 5.02 Å². The number of morpholine rings is 1. The summed E-state index contributed by atoms with van der Waals surface area (Å²) in [4.78, 5) is 11.1. The maximum atomic E-state index is 12.2. The molecule has 0 spiro atoms. The highest BCUT2D eigenvalue weighted by atomic mass is 35.5. The first kappa shape index (κ1) is 23.5. The average molecular weight is 518 g/mol. The summed E-state index contributed by atoms with van der Waals surface area (Å²) in [6.45, 7) is 2.60. The molecule has 5 rings (SSSR count). The second-order valence-electron chi connectivity index (χ2n) is 8.16. The van der Waals surface area contributed by atoms with Gasteiger partial charge in [-0.3, -0.25) is 0 Å². The number of rotatable bonds is 6. The van der Waals surface area contributed by atoms with E-state index in [2.05, 4.69) is 25.5 Å². The van der Waals surface area contributed by atoms with Crippen LogP contribution in [0.1, 0.15) is 0 Å². The Bertz CT molecular complexity index is 1370. The van der Waals surface area contributed by atoms with Crippen molar-refractivity contribution >= 4 is 50.3 Å². The molecule has 1 saturated heterocycles. The van der Waals surface area contributed by atoms with Crippen molar-refractivity contribution in [1.82, 2.24) is 9.97 Å². The van der Waals surface area contributed by atoms with Crippen molar-refractivity contribution in [2.45, 2.75) is 10.9 Å². The first-order valence-corrected chi connectivity index (χ1v) is 13.2. The van der Waals surface area contributed by atoms with Gasteiger partial charge in [-0.05, 0) is 12.1 Å². The second kappa shape index (κ2) is 9.40. The molecular formula is C23H24ClN5O5S. The van der Waals surface area contributed by atoms with Crippen LogP contribution in [0.15, 0.2) is 47.5 Å². The summed E-state index contributed by atoms with van der Waals surface area (Å²) in [5, 5.41) is 6.40. The molecule has 1 fully saturated rings. The Morgan fingerprint density at radius 3 is 2.80 bits per heavy atom. The summed E-state index contributed by atoms with van der Waals surface area (Å²) in [5.41, 5.74) is 1.92. The van der Waals surface area contributed by atoms with Gasteiger partial charge in [-0.2, -0.15) is 4.98 Å². The van der Waals surface area contributed by atoms with E-state index >= 15 is 0 Å². The topological polar surface area (TPSA) is 115 Å². The highest BCUT2D eigenvalue weighted by molar-refractivity contribution is 7.90. The smallest absolute Gasteiger partial charge is 0.229 e. The van der Waals surface area contributed by atoms with E-state index < -0.39 is 9.84 Å². The lowest BCUT2D eigenvalue weighted by molar-refractivity contribution is 0.0705. The van der Waals surface area contributed by atoms with Gasteiger partial charge in [0, 0.05) is 24.9 Å². The Morgan fingerprint density at radius 2 is 2.00 bits per heavy atom. The van der Waals surface area contributed by atoms with Crippen LogP contribution in [0.5, 0.6) is 11.5 Å². The lowest BCUT2D eigenvalue weighted by Gasteiger charge is -2.41. The van der Waals surface area contributed by atoms with E-state index in [1.807, 2.05) is 12.1 Å². The second-order valence-corrected chi connectivity index (χ2v) is 10.6. The summed E-state index contributed by atoms with van der Waals surface area (Å²) in [6.07, 6.45) is 2.58. The van der Waals surface area contributed by atoms with Crippen LogP contribution < -0.4 is 25.0 Å². The van der Waals surface area contributed by atoms with Crippen molar-refractivity contribution in [2.75, 3.05) is 55.3 Å². The van der Waals surface area contributed by atoms with E-state index in [0.717, 1.165) is 24.2 Å². The van der Waals surface area contributed by atoms with Gasteiger partial charge in [0.2, 0.25) is 5.95 Å². The maximum Gasteiger partial charge on any atom is 0.229 e. The van der Waals surface area contributed by atoms with Gasteiger partial charge in [0.1, 0.15) is 23.1 Å². The molecule has 3 heterocycles. The number of methoxy groups -OCH3 is 1. The summed E-state index contributed by atoms with van der Waals surface area (Å²) < 4.78 is 41.5. The number of benzene rings is 2. The van der Waals surface area contributed by atoms with E-state index in [1.54, 1.807) is 25.3 Å². The van der Waals surface area contributed by atoms with E-state index in [1.165, 1.54) is 12.3 Å². The predicted molar refractivity (Wildman–Crippen MR) is 134 cm³/mol. The van der Waals surface area contributed by atoms with Crippen molar-refractivity contribution in [3.63, 3.8) is 0 Å². The van der Waals surface area contributed by atoms with Crippen LogP contribution in [-0.2, 0) is 14.6 Å². The predicted octanol–water partition coefficient (Wildman–Crippen LogP) is 3.63. The van der Waals surface area contributed by atoms with Crippen molar-refractivity contribution in [1.29, 1.82) is 0 Å². The van der Waals surface area contributed by atoms with Gasteiger partial charge >= 0.3 is 0 Å². The maximum absolute atomic E-state index is 12.2. The fourth-order valence-corrected chi connectivity index (χ4v) is 5.09. The van der Waals surface area contributed by atoms with Gasteiger partial charge in [-0.25, -0.2) is 13.4 Å². The lowest BCUT2D eigenvalue weighted by Crippen LogP contribution is -2.51. The van der Waals surface area contributed by atoms with Crippen LogP contribution in [0.25, 0.3) is 0 Å². The number of halogens is 1. The van der Waals surface area contributed by atoms with E-state index in [0.29, 0.717) is 36.9 Å². The summed E-state index contributed by atoms with van der Waals surface area (Å²) in [7, 11) is -1.87. The normalized spacial score (nSPS) is 17.1. The highest BCUT2D eigenvalue weighted by Gasteiger charge is 2.31. The molecule has 0 aliphatic carbocycles. The summed E-state index contributed by atoms with van der Waals surface area (Å²) >= 11 is 6.31. The molecule has 184 valence electrons. The number of hydrogen-bond acceptors (Lipinski definition) is 10. The third kappa shape index (κ3) is 4.79. The van der Waals surface area contributed by atoms with E-state index in [4.69, 9.17) is 25.8 Å². The fraction of sp³-hybridized carbons (Fsp3) is 0.304. The Hall–Kier alpha value is -3.28. The van der Waals surface area contributed by atoms with Crippen LogP contribution >= 0.6 is 11.6 Å². The Balaban J connectivity index is 1.44. The van der Waals surface area contributed by atoms with E-state index in [9.17, 15) is 8.42 Å². The first-order chi connectivity index (χ1) is 16.8. The van der Waals surface area contributed by atoms with Crippen LogP contribution in [0.3, 0.4) is 0 Å². The number of nitrogens with one attached hydrogen (secondary N) is 2. The van der Waals surface area contributed by atoms with Crippen LogP contribution in [0, 0.1) is 0 Å². The zero-order valence-corrected chi connectivity index (χ0v) is 20.7. The molecule has 0 unspecified atom stereocenters. The number of nitrogens with zero attached hydrogens (tertiary/aromatic N) is 3. The van der Waals surface area contributed by atoms with Gasteiger partial charge in [-0.1, -0.05) is 23.7 Å². The zero-order chi connectivity index (χ0) is 24.6. The van der Waals surface area contributed by atoms with E-state index in [-0.39, 0.29) is 27.7 Å². The molecule has 2 aliphatic heterocycles. The standard InChI is InChI=1S/C23H24ClN5O5S/c1-32-19-10-18-20(34-13-14-12-33-8-7-29(14)18)9-17(19)27-23-25-11-15(24)22(28-23)26-16-5-3-4-6-21(16)35(2,30)31/h3-6,9-11,14H,7-8,12-13H2,1-2H3,(H2,25,26,27,28)/t14-/m1/s1. The highest BCUT2D eigenvalue weighted by Crippen LogP contribution is 2.43. The largest absolute Gasteiger partial charge is 0.494 e. The van der Waals surface area contributed by atoms with Crippen LogP contribution in [-0.4, -0.2) is 64.2 Å². The minimum absolute atomic E-state index is 0.138. The number of aromatic nitrogens is 2. The molecule has 2 aliphatic rings. The molecule has 0 saturated carbocycles. The third-order valence-corrected chi connectivity index (χ3v) is 7.21. The molecule has 0 radical (unpaired) electrons. The van der Waals surface area contributed by atoms with Gasteiger partial charge in [0.05, 0.1) is 54.5 Å². The van der Waals surface area contributed by atoms with Gasteiger partial charge in [0.25, 0.3) is 0 Å². The van der Waals surface area contributed by atoms with Crippen molar-refractivity contribution in [2.24, 2.45) is 0 Å². The van der Waals surface area contributed by atoms with Gasteiger partial charge in [-0.15, -0.1) is 0 Å².